The molecule has 0 saturated heterocycles. The normalized spacial score (nSPS) is 0. The third-order valence-electron chi connectivity index (χ3n) is 0. The minimum Gasteiger partial charge on any atom is 0 e. The standard InChI is InChI=1S/144V. The van der Waals surface area contributed by atoms with Gasteiger partial charge in [0.2, 0.25) is 0 Å². The van der Waals surface area contributed by atoms with E-state index in [1.54, 1.807) is 0 Å². The molecule has 0 fully saturated rings. The van der Waals surface area contributed by atoms with E-state index >= 15 is 0 Å². The molecule has 0 aliphatic rings. The van der Waals surface area contributed by atoms with Crippen LogP contribution < -0.4 is 0 Å². The molecule has 0 bridgehead atoms. The maximum absolute atomic E-state index is 0. The molecule has 720 valence electrons. The SMILES string of the molecule is [V].[V].[V].[V].[V].[V].[V].[V].[V].[V].[V].[V].[V].[V].[V].[V].[V].[V].[V].[V].[V].[V].[V].[V].[V].[V].[V].[V].[V].[V].[V].[V].[V].[V].[V].[V].[V].[V].[V].[V].[V].[V].[V].[V].[V].[V].[V].[V].[V].[V].[V].[V].[V].[V].[V].[V].[V].[V].[V].[V].[V].[V].[V].[V].[V].[V].[V].[V].[V].[V].[V].[V].[V].[V].[V].[V].[V].[V].[V].[V].[V].[V].[V].[V].[V].[V].[V].[V].[V].[V].[V].[V].[V].[V].[V].[V].[V].[V].[V].[V].[V].[V].[V].[V].[V].[V].[V].[V].[V].[V].[V].[V].[V].[V].[V].[V].[V].[V].[V].[V].[V].[V].[V].[V].[V].[V].[V].[V].[V].[V].[V].[V].[V].[V].[V].[V].[V].[V].[V].[V].[V].[V].[V].[V]. The largest absolute Gasteiger partial charge is 0 e. The topological polar surface area (TPSA) is 0 Å². The zero-order valence-corrected chi connectivity index (χ0v) is 266. The van der Waals surface area contributed by atoms with E-state index in [9.17, 15) is 0 Å². The molecule has 0 nitrogen and oxygen atoms in total. The van der Waals surface area contributed by atoms with Crippen LogP contribution in [0.3, 0.4) is 0 Å². The summed E-state index contributed by atoms with van der Waals surface area (Å²) >= 11 is 0. The van der Waals surface area contributed by atoms with E-state index in [4.69, 9.17) is 0 Å². The fourth-order valence-corrected chi connectivity index (χ4v) is 0. The molecule has 0 saturated carbocycles. The first-order valence-electron chi connectivity index (χ1n) is 0. The van der Waals surface area contributed by atoms with Crippen molar-refractivity contribution in [3.63, 3.8) is 0 Å². The first-order valence-corrected chi connectivity index (χ1v) is 0. The summed E-state index contributed by atoms with van der Waals surface area (Å²) in [6.45, 7) is 0. The van der Waals surface area contributed by atoms with Gasteiger partial charge in [-0.15, -0.1) is 0 Å². The van der Waals surface area contributed by atoms with Crippen LogP contribution in [-0.2, 0) is 2670 Å². The molecule has 144 radical (unpaired) electrons. The van der Waals surface area contributed by atoms with Crippen LogP contribution in [0.5, 0.6) is 0 Å². The van der Waals surface area contributed by atoms with Crippen LogP contribution in [0.1, 0.15) is 0 Å². The van der Waals surface area contributed by atoms with Crippen molar-refractivity contribution in [2.24, 2.45) is 0 Å². The monoisotopic (exact) mass is 7340 g/mol. The van der Waals surface area contributed by atoms with Crippen molar-refractivity contribution >= 4 is 0 Å². The Balaban J connectivity index is 0. The van der Waals surface area contributed by atoms with Crippen LogP contribution in [0.25, 0.3) is 0 Å². The molecular weight excluding hydrogens is 7340 g/mol. The maximum atomic E-state index is 0. The molecular formula is V144. The van der Waals surface area contributed by atoms with Gasteiger partial charge in [0.05, 0.1) is 0 Å². The Kier molecular flexibility index (Phi) is 18900. The fourth-order valence-electron chi connectivity index (χ4n) is 0. The zero-order valence-electron chi connectivity index (χ0n) is 64.4. The van der Waals surface area contributed by atoms with Gasteiger partial charge in [0, 0.05) is 2670 Å². The van der Waals surface area contributed by atoms with Gasteiger partial charge in [-0.05, 0) is 0 Å². The van der Waals surface area contributed by atoms with E-state index < -0.39 is 0 Å². The summed E-state index contributed by atoms with van der Waals surface area (Å²) in [5.41, 5.74) is 0. The van der Waals surface area contributed by atoms with Gasteiger partial charge in [-0.2, -0.15) is 0 Å². The average Bonchev–Trinajstić information content (AvgIpc) is 0. The number of rotatable bonds is 0. The molecule has 0 aliphatic heterocycles. The molecule has 0 aromatic carbocycles. The maximum Gasteiger partial charge on any atom is 0 e. The molecule has 0 N–H and O–H groups in total. The van der Waals surface area contributed by atoms with Gasteiger partial charge in [0.1, 0.15) is 0 Å². The van der Waals surface area contributed by atoms with Crippen molar-refractivity contribution in [3.05, 3.63) is 0 Å². The minimum atomic E-state index is 0. The summed E-state index contributed by atoms with van der Waals surface area (Å²) in [5, 5.41) is 0. The van der Waals surface area contributed by atoms with Crippen molar-refractivity contribution in [2.75, 3.05) is 0 Å². The molecule has 144 heteroatoms. The Hall–Kier alpha value is 84.2. The minimum absolute atomic E-state index is 0. The predicted molar refractivity (Wildman–Crippen MR) is 0 cm³/mol. The molecule has 0 aromatic heterocycles. The zero-order chi connectivity index (χ0) is 0. The molecule has 0 spiro atoms. The molecule has 0 unspecified atom stereocenters. The van der Waals surface area contributed by atoms with Crippen molar-refractivity contribution in [1.29, 1.82) is 0 Å². The first-order chi connectivity index (χ1) is 0. The molecule has 0 aromatic rings. The van der Waals surface area contributed by atoms with Gasteiger partial charge >= 0.3 is 0 Å². The molecule has 144 heavy (non-hydrogen) atoms. The van der Waals surface area contributed by atoms with Gasteiger partial charge in [-0.1, -0.05) is 0 Å². The van der Waals surface area contributed by atoms with E-state index in [1.165, 1.54) is 0 Å². The van der Waals surface area contributed by atoms with Crippen LogP contribution in [-0.4, -0.2) is 0 Å². The van der Waals surface area contributed by atoms with E-state index in [-0.39, 0.29) is 2670 Å². The van der Waals surface area contributed by atoms with Crippen LogP contribution in [0.4, 0.5) is 0 Å². The van der Waals surface area contributed by atoms with Crippen molar-refractivity contribution in [3.8, 4) is 0 Å². The smallest absolute Gasteiger partial charge is 0 e. The number of hydrogen-bond donors (Lipinski definition) is 0. The van der Waals surface area contributed by atoms with E-state index in [2.05, 4.69) is 0 Å². The predicted octanol–water partition coefficient (Wildman–Crippen LogP) is -0.360. The van der Waals surface area contributed by atoms with Gasteiger partial charge in [-0.3, -0.25) is 0 Å². The van der Waals surface area contributed by atoms with Crippen molar-refractivity contribution in [1.82, 2.24) is 0 Å². The molecule has 0 aliphatic carbocycles. The van der Waals surface area contributed by atoms with E-state index in [1.807, 2.05) is 0 Å². The molecule has 0 amide bonds. The molecule has 0 heterocycles. The average molecular weight is 7340 g/mol. The Morgan fingerprint density at radius 2 is 0.00694 bits per heavy atom. The van der Waals surface area contributed by atoms with Crippen molar-refractivity contribution in [2.45, 2.75) is 0 Å². The Morgan fingerprint density at radius 3 is 0.00694 bits per heavy atom. The van der Waals surface area contributed by atoms with Gasteiger partial charge in [0.15, 0.2) is 0 Å². The van der Waals surface area contributed by atoms with Crippen molar-refractivity contribution < 1.29 is 2670 Å². The quantitative estimate of drug-likeness (QED) is 0.312. The fraction of sp³-hybridized carbons (Fsp3) is 0. The van der Waals surface area contributed by atoms with Gasteiger partial charge in [0.25, 0.3) is 0 Å². The molecule has 0 atom stereocenters. The molecule has 0 rings (SSSR count). The second-order valence-corrected chi connectivity index (χ2v) is 0. The summed E-state index contributed by atoms with van der Waals surface area (Å²) in [6, 6.07) is 0. The van der Waals surface area contributed by atoms with Crippen LogP contribution >= 0.6 is 0 Å². The first kappa shape index (κ1) is 1660. The van der Waals surface area contributed by atoms with E-state index in [0.29, 0.717) is 0 Å². The summed E-state index contributed by atoms with van der Waals surface area (Å²) < 4.78 is 0. The summed E-state index contributed by atoms with van der Waals surface area (Å²) in [7, 11) is 0. The van der Waals surface area contributed by atoms with Crippen LogP contribution in [0.15, 0.2) is 0 Å². The second kappa shape index (κ2) is 1640. The van der Waals surface area contributed by atoms with Crippen LogP contribution in [0.2, 0.25) is 0 Å². The number of hydrogen-bond acceptors (Lipinski definition) is 0. The second-order valence-electron chi connectivity index (χ2n) is 0. The summed E-state index contributed by atoms with van der Waals surface area (Å²) in [5.74, 6) is 0. The van der Waals surface area contributed by atoms with Gasteiger partial charge < -0.3 is 0 Å². The summed E-state index contributed by atoms with van der Waals surface area (Å²) in [4.78, 5) is 0. The van der Waals surface area contributed by atoms with Crippen LogP contribution in [0, 0.1) is 0 Å². The summed E-state index contributed by atoms with van der Waals surface area (Å²) in [6.07, 6.45) is 0. The Labute approximate surface area is 2590 Å². The third-order valence-corrected chi connectivity index (χ3v) is 0. The Bertz CT molecular complexity index is 0. The Morgan fingerprint density at radius 1 is 0.00694 bits per heavy atom. The van der Waals surface area contributed by atoms with Gasteiger partial charge in [-0.25, -0.2) is 0 Å². The third kappa shape index (κ3) is 1620. The van der Waals surface area contributed by atoms with E-state index in [0.717, 1.165) is 0 Å².